The molecule has 2 aromatic rings. The van der Waals surface area contributed by atoms with Gasteiger partial charge in [-0.05, 0) is 71.9 Å². The highest BCUT2D eigenvalue weighted by Gasteiger charge is 2.06. The highest BCUT2D eigenvalue weighted by Crippen LogP contribution is 2.19. The average molecular weight is 310 g/mol. The van der Waals surface area contributed by atoms with E-state index in [1.807, 2.05) is 36.7 Å². The van der Waals surface area contributed by atoms with Gasteiger partial charge in [-0.3, -0.25) is 4.99 Å². The molecule has 0 radical (unpaired) electrons. The van der Waals surface area contributed by atoms with Gasteiger partial charge >= 0.3 is 0 Å². The summed E-state index contributed by atoms with van der Waals surface area (Å²) in [5, 5.41) is 2.08. The number of hydrogen-bond acceptors (Lipinski definition) is 2. The van der Waals surface area contributed by atoms with Crippen molar-refractivity contribution in [3.63, 3.8) is 0 Å². The number of nitrogens with one attached hydrogen (secondary N) is 2. The van der Waals surface area contributed by atoms with Crippen molar-refractivity contribution in [3.8, 4) is 0 Å². The number of aliphatic imine (C=N–C) groups is 2. The van der Waals surface area contributed by atoms with Gasteiger partial charge in [0, 0.05) is 28.8 Å². The first-order valence-electron chi connectivity index (χ1n) is 7.83. The molecular formula is C20H14N4. The summed E-state index contributed by atoms with van der Waals surface area (Å²) in [7, 11) is 0. The summed E-state index contributed by atoms with van der Waals surface area (Å²) in [6, 6.07) is 6.22. The van der Waals surface area contributed by atoms with E-state index in [0.29, 0.717) is 0 Å². The van der Waals surface area contributed by atoms with Gasteiger partial charge in [-0.15, -0.1) is 0 Å². The molecule has 4 nitrogen and oxygen atoms in total. The molecular weight excluding hydrogens is 296 g/mol. The maximum atomic E-state index is 4.64. The Labute approximate surface area is 138 Å². The first-order valence-corrected chi connectivity index (χ1v) is 7.83. The van der Waals surface area contributed by atoms with Gasteiger partial charge < -0.3 is 9.97 Å². The van der Waals surface area contributed by atoms with Crippen LogP contribution in [0.3, 0.4) is 0 Å². The molecule has 0 aliphatic carbocycles. The van der Waals surface area contributed by atoms with Crippen molar-refractivity contribution in [1.82, 2.24) is 9.97 Å². The van der Waals surface area contributed by atoms with Gasteiger partial charge in [0.1, 0.15) is 0 Å². The zero-order valence-corrected chi connectivity index (χ0v) is 12.8. The largest absolute Gasteiger partial charge is 0.361 e. The Morgan fingerprint density at radius 1 is 0.833 bits per heavy atom. The predicted molar refractivity (Wildman–Crippen MR) is 98.9 cm³/mol. The molecule has 0 atom stereocenters. The zero-order valence-electron chi connectivity index (χ0n) is 12.8. The summed E-state index contributed by atoms with van der Waals surface area (Å²) in [5.41, 5.74) is 6.03. The molecule has 0 unspecified atom stereocenters. The quantitative estimate of drug-likeness (QED) is 0.750. The second kappa shape index (κ2) is 5.06. The molecule has 0 fully saturated rings. The summed E-state index contributed by atoms with van der Waals surface area (Å²) in [4.78, 5) is 15.8. The Morgan fingerprint density at radius 2 is 1.75 bits per heavy atom. The monoisotopic (exact) mass is 310 g/mol. The van der Waals surface area contributed by atoms with Gasteiger partial charge in [-0.25, -0.2) is 4.99 Å². The van der Waals surface area contributed by atoms with Crippen LogP contribution < -0.4 is 10.7 Å². The highest BCUT2D eigenvalue weighted by molar-refractivity contribution is 6.19. The van der Waals surface area contributed by atoms with E-state index in [0.717, 1.165) is 44.6 Å². The van der Waals surface area contributed by atoms with Crippen LogP contribution in [0.25, 0.3) is 24.3 Å². The second-order valence-corrected chi connectivity index (χ2v) is 5.96. The van der Waals surface area contributed by atoms with Gasteiger partial charge in [0.2, 0.25) is 0 Å². The van der Waals surface area contributed by atoms with Crippen LogP contribution in [-0.2, 0) is 0 Å². The van der Waals surface area contributed by atoms with Crippen molar-refractivity contribution in [2.45, 2.75) is 0 Å². The van der Waals surface area contributed by atoms with Crippen molar-refractivity contribution in [3.05, 3.63) is 81.5 Å². The van der Waals surface area contributed by atoms with Gasteiger partial charge in [0.15, 0.2) is 0 Å². The van der Waals surface area contributed by atoms with E-state index in [4.69, 9.17) is 0 Å². The average Bonchev–Trinajstić information content (AvgIpc) is 3.32. The number of rotatable bonds is 0. The molecule has 0 amide bonds. The lowest BCUT2D eigenvalue weighted by molar-refractivity contribution is 1.27. The number of allylic oxidation sites excluding steroid dienone is 4. The molecule has 4 heteroatoms. The topological polar surface area (TPSA) is 56.3 Å². The smallest absolute Gasteiger partial charge is 0.0658 e. The lowest BCUT2D eigenvalue weighted by Crippen LogP contribution is -2.11. The second-order valence-electron chi connectivity index (χ2n) is 5.96. The Kier molecular flexibility index (Phi) is 2.76. The Balaban J connectivity index is 1.72. The Hall–Kier alpha value is -3.40. The summed E-state index contributed by atoms with van der Waals surface area (Å²) >= 11 is 0. The van der Waals surface area contributed by atoms with E-state index in [1.54, 1.807) is 0 Å². The molecule has 3 aliphatic rings. The van der Waals surface area contributed by atoms with Crippen molar-refractivity contribution in [2.75, 3.05) is 0 Å². The first-order chi connectivity index (χ1) is 11.8. The Morgan fingerprint density at radius 3 is 2.71 bits per heavy atom. The minimum atomic E-state index is 0.939. The fourth-order valence-electron chi connectivity index (χ4n) is 2.97. The van der Waals surface area contributed by atoms with E-state index in [2.05, 4.69) is 56.4 Å². The van der Waals surface area contributed by atoms with Gasteiger partial charge in [-0.1, -0.05) is 0 Å². The van der Waals surface area contributed by atoms with Crippen LogP contribution in [0.15, 0.2) is 69.6 Å². The summed E-state index contributed by atoms with van der Waals surface area (Å²) < 4.78 is 0. The van der Waals surface area contributed by atoms with Crippen LogP contribution in [-0.4, -0.2) is 21.9 Å². The standard InChI is InChI=1S/C20H14N4/c1-3-17-9-18-4-2-16(24-18)6-14-8-20(22-12-14)10-19-7-13(11-21-19)5-15(1)23-17/h1-12,21,24H. The predicted octanol–water partition coefficient (Wildman–Crippen LogP) is 2.32. The van der Waals surface area contributed by atoms with E-state index < -0.39 is 0 Å². The first kappa shape index (κ1) is 13.1. The lowest BCUT2D eigenvalue weighted by atomic mass is 10.2. The molecule has 24 heavy (non-hydrogen) atoms. The minimum Gasteiger partial charge on any atom is -0.361 e. The molecule has 0 aromatic carbocycles. The molecule has 114 valence electrons. The number of aromatic amines is 2. The van der Waals surface area contributed by atoms with Crippen LogP contribution in [0.4, 0.5) is 0 Å². The van der Waals surface area contributed by atoms with Gasteiger partial charge in [0.05, 0.1) is 17.1 Å². The molecule has 2 aromatic heterocycles. The summed E-state index contributed by atoms with van der Waals surface area (Å²) in [6.45, 7) is 0. The summed E-state index contributed by atoms with van der Waals surface area (Å²) in [6.07, 6.45) is 18.2. The van der Waals surface area contributed by atoms with Crippen molar-refractivity contribution < 1.29 is 0 Å². The van der Waals surface area contributed by atoms with Crippen LogP contribution in [0.1, 0.15) is 11.3 Å². The van der Waals surface area contributed by atoms with Crippen LogP contribution in [0.2, 0.25) is 0 Å². The maximum absolute atomic E-state index is 4.64. The highest BCUT2D eigenvalue weighted by atomic mass is 14.8. The van der Waals surface area contributed by atoms with E-state index in [9.17, 15) is 0 Å². The fraction of sp³-hybridized carbons (Fsp3) is 0. The Bertz CT molecular complexity index is 1050. The van der Waals surface area contributed by atoms with E-state index in [1.165, 1.54) is 0 Å². The third-order valence-electron chi connectivity index (χ3n) is 4.06. The molecule has 5 rings (SSSR count). The molecule has 0 saturated carbocycles. The minimum absolute atomic E-state index is 0.939. The molecule has 0 saturated heterocycles. The lowest BCUT2D eigenvalue weighted by Gasteiger charge is -1.90. The van der Waals surface area contributed by atoms with E-state index >= 15 is 0 Å². The van der Waals surface area contributed by atoms with Gasteiger partial charge in [0.25, 0.3) is 0 Å². The van der Waals surface area contributed by atoms with Crippen LogP contribution in [0, 0.1) is 0 Å². The molecule has 8 bridgehead atoms. The third-order valence-corrected chi connectivity index (χ3v) is 4.06. The number of fused-ring (bicyclic) bond motifs is 6. The molecule has 3 aliphatic heterocycles. The number of aromatic nitrogens is 2. The van der Waals surface area contributed by atoms with Crippen LogP contribution >= 0.6 is 0 Å². The normalized spacial score (nSPS) is 17.7. The number of nitrogens with zero attached hydrogens (tertiary/aromatic N) is 2. The maximum Gasteiger partial charge on any atom is 0.0658 e. The van der Waals surface area contributed by atoms with Gasteiger partial charge in [-0.2, -0.15) is 0 Å². The molecule has 0 spiro atoms. The zero-order chi connectivity index (χ0) is 15.9. The molecule has 5 heterocycles. The SMILES string of the molecule is C1=CC2=NC1=Cc1c[nH]c(c1)C=C1C=C(C=N1)C=c1ccc([nH]1)=C2. The van der Waals surface area contributed by atoms with Crippen molar-refractivity contribution in [1.29, 1.82) is 0 Å². The van der Waals surface area contributed by atoms with E-state index in [-0.39, 0.29) is 0 Å². The third kappa shape index (κ3) is 2.44. The van der Waals surface area contributed by atoms with Crippen LogP contribution in [0.5, 0.6) is 0 Å². The molecule has 2 N–H and O–H groups in total. The number of H-pyrrole nitrogens is 2. The number of hydrogen-bond donors (Lipinski definition) is 2. The summed E-state index contributed by atoms with van der Waals surface area (Å²) in [5.74, 6) is 0. The fourth-order valence-corrected chi connectivity index (χ4v) is 2.97. The van der Waals surface area contributed by atoms with Crippen molar-refractivity contribution in [2.24, 2.45) is 9.98 Å². The van der Waals surface area contributed by atoms with Crippen molar-refractivity contribution >= 4 is 36.2 Å².